The molecule has 0 saturated carbocycles. The van der Waals surface area contributed by atoms with Crippen molar-refractivity contribution in [2.75, 3.05) is 26.3 Å². The summed E-state index contributed by atoms with van der Waals surface area (Å²) < 4.78 is 11.2. The molecule has 1 fully saturated rings. The predicted octanol–water partition coefficient (Wildman–Crippen LogP) is 1.52. The van der Waals surface area contributed by atoms with Crippen molar-refractivity contribution in [3.8, 4) is 0 Å². The summed E-state index contributed by atoms with van der Waals surface area (Å²) in [5.41, 5.74) is 0. The SMILES string of the molecule is CC(C)OC[C@H]1CN(C(C)C)CCO1. The smallest absolute Gasteiger partial charge is 0.0935 e. The van der Waals surface area contributed by atoms with Gasteiger partial charge in [0.15, 0.2) is 0 Å². The first-order valence-electron chi connectivity index (χ1n) is 5.57. The van der Waals surface area contributed by atoms with Crippen LogP contribution in [0, 0.1) is 0 Å². The van der Waals surface area contributed by atoms with Crippen LogP contribution in [0.5, 0.6) is 0 Å². The van der Waals surface area contributed by atoms with E-state index in [0.29, 0.717) is 12.1 Å². The highest BCUT2D eigenvalue weighted by Gasteiger charge is 2.22. The molecule has 0 spiro atoms. The van der Waals surface area contributed by atoms with Crippen molar-refractivity contribution in [1.82, 2.24) is 4.90 Å². The van der Waals surface area contributed by atoms with Crippen molar-refractivity contribution in [2.45, 2.75) is 45.9 Å². The summed E-state index contributed by atoms with van der Waals surface area (Å²) in [5, 5.41) is 0. The molecule has 0 aromatic rings. The molecule has 0 N–H and O–H groups in total. The highest BCUT2D eigenvalue weighted by Crippen LogP contribution is 2.09. The minimum absolute atomic E-state index is 0.258. The molecule has 1 aliphatic rings. The summed E-state index contributed by atoms with van der Waals surface area (Å²) in [4.78, 5) is 2.44. The van der Waals surface area contributed by atoms with E-state index in [1.807, 2.05) is 0 Å². The molecule has 84 valence electrons. The topological polar surface area (TPSA) is 21.7 Å². The zero-order chi connectivity index (χ0) is 10.6. The molecule has 0 aliphatic carbocycles. The number of nitrogens with zero attached hydrogens (tertiary/aromatic N) is 1. The molecule has 1 rings (SSSR count). The van der Waals surface area contributed by atoms with Crippen LogP contribution in [0.2, 0.25) is 0 Å². The van der Waals surface area contributed by atoms with Crippen molar-refractivity contribution < 1.29 is 9.47 Å². The number of rotatable bonds is 4. The first-order chi connectivity index (χ1) is 6.59. The average Bonchev–Trinajstić information content (AvgIpc) is 2.15. The largest absolute Gasteiger partial charge is 0.376 e. The Balaban J connectivity index is 2.25. The van der Waals surface area contributed by atoms with E-state index in [2.05, 4.69) is 32.6 Å². The minimum atomic E-state index is 0.258. The predicted molar refractivity (Wildman–Crippen MR) is 57.5 cm³/mol. The van der Waals surface area contributed by atoms with Crippen LogP contribution in [-0.4, -0.2) is 49.5 Å². The van der Waals surface area contributed by atoms with Gasteiger partial charge in [-0.05, 0) is 27.7 Å². The van der Waals surface area contributed by atoms with Gasteiger partial charge in [0, 0.05) is 19.1 Å². The van der Waals surface area contributed by atoms with E-state index >= 15 is 0 Å². The Bertz CT molecular complexity index is 159. The molecule has 1 heterocycles. The van der Waals surface area contributed by atoms with Gasteiger partial charge in [0.05, 0.1) is 25.4 Å². The lowest BCUT2D eigenvalue weighted by molar-refractivity contribution is -0.0855. The Kier molecular flexibility index (Phi) is 4.85. The van der Waals surface area contributed by atoms with Crippen LogP contribution >= 0.6 is 0 Å². The van der Waals surface area contributed by atoms with Crippen molar-refractivity contribution in [2.24, 2.45) is 0 Å². The van der Waals surface area contributed by atoms with Crippen LogP contribution in [-0.2, 0) is 9.47 Å². The van der Waals surface area contributed by atoms with Gasteiger partial charge in [-0.15, -0.1) is 0 Å². The molecular formula is C11H23NO2. The number of morpholine rings is 1. The third kappa shape index (κ3) is 3.95. The monoisotopic (exact) mass is 201 g/mol. The van der Waals surface area contributed by atoms with Gasteiger partial charge < -0.3 is 9.47 Å². The normalized spacial score (nSPS) is 24.9. The van der Waals surface area contributed by atoms with E-state index in [9.17, 15) is 0 Å². The summed E-state index contributed by atoms with van der Waals surface area (Å²) in [6.07, 6.45) is 0.557. The molecule has 3 heteroatoms. The van der Waals surface area contributed by atoms with Crippen LogP contribution in [0.15, 0.2) is 0 Å². The Hall–Kier alpha value is -0.120. The molecule has 3 nitrogen and oxygen atoms in total. The molecular weight excluding hydrogens is 178 g/mol. The van der Waals surface area contributed by atoms with Crippen LogP contribution in [0.25, 0.3) is 0 Å². The zero-order valence-corrected chi connectivity index (χ0v) is 9.82. The maximum absolute atomic E-state index is 5.64. The first-order valence-corrected chi connectivity index (χ1v) is 5.57. The lowest BCUT2D eigenvalue weighted by Gasteiger charge is -2.35. The highest BCUT2D eigenvalue weighted by molar-refractivity contribution is 4.73. The second-order valence-corrected chi connectivity index (χ2v) is 4.46. The molecule has 0 aromatic carbocycles. The minimum Gasteiger partial charge on any atom is -0.376 e. The second-order valence-electron chi connectivity index (χ2n) is 4.46. The fourth-order valence-electron chi connectivity index (χ4n) is 1.61. The number of ether oxygens (including phenoxy) is 2. The molecule has 1 atom stereocenters. The lowest BCUT2D eigenvalue weighted by atomic mass is 10.2. The van der Waals surface area contributed by atoms with Crippen LogP contribution in [0.3, 0.4) is 0 Å². The van der Waals surface area contributed by atoms with Gasteiger partial charge >= 0.3 is 0 Å². The molecule has 0 bridgehead atoms. The van der Waals surface area contributed by atoms with Crippen molar-refractivity contribution >= 4 is 0 Å². The molecule has 1 aliphatic heterocycles. The Morgan fingerprint density at radius 3 is 2.64 bits per heavy atom. The van der Waals surface area contributed by atoms with E-state index in [4.69, 9.17) is 9.47 Å². The molecule has 0 radical (unpaired) electrons. The molecule has 14 heavy (non-hydrogen) atoms. The second kappa shape index (κ2) is 5.69. The summed E-state index contributed by atoms with van der Waals surface area (Å²) in [5.74, 6) is 0. The standard InChI is InChI=1S/C11H23NO2/c1-9(2)12-5-6-13-11(7-12)8-14-10(3)4/h9-11H,5-8H2,1-4H3/t11-/m1/s1. The van der Waals surface area contributed by atoms with Crippen molar-refractivity contribution in [1.29, 1.82) is 0 Å². The van der Waals surface area contributed by atoms with Gasteiger partial charge in [-0.3, -0.25) is 4.90 Å². The maximum Gasteiger partial charge on any atom is 0.0935 e. The number of hydrogen-bond donors (Lipinski definition) is 0. The summed E-state index contributed by atoms with van der Waals surface area (Å²) in [6, 6.07) is 0.612. The van der Waals surface area contributed by atoms with Gasteiger partial charge in [-0.1, -0.05) is 0 Å². The third-order valence-electron chi connectivity index (χ3n) is 2.52. The third-order valence-corrected chi connectivity index (χ3v) is 2.52. The Morgan fingerprint density at radius 1 is 1.36 bits per heavy atom. The number of hydrogen-bond acceptors (Lipinski definition) is 3. The zero-order valence-electron chi connectivity index (χ0n) is 9.82. The summed E-state index contributed by atoms with van der Waals surface area (Å²) >= 11 is 0. The van der Waals surface area contributed by atoms with Gasteiger partial charge in [-0.2, -0.15) is 0 Å². The van der Waals surface area contributed by atoms with Gasteiger partial charge in [-0.25, -0.2) is 0 Å². The van der Waals surface area contributed by atoms with Crippen molar-refractivity contribution in [3.05, 3.63) is 0 Å². The molecule has 0 amide bonds. The van der Waals surface area contributed by atoms with E-state index < -0.39 is 0 Å². The molecule has 0 unspecified atom stereocenters. The van der Waals surface area contributed by atoms with Crippen LogP contribution < -0.4 is 0 Å². The fraction of sp³-hybridized carbons (Fsp3) is 1.00. The summed E-state index contributed by atoms with van der Waals surface area (Å²) in [7, 11) is 0. The highest BCUT2D eigenvalue weighted by atomic mass is 16.5. The van der Waals surface area contributed by atoms with Gasteiger partial charge in [0.25, 0.3) is 0 Å². The fourth-order valence-corrected chi connectivity index (χ4v) is 1.61. The van der Waals surface area contributed by atoms with Crippen LogP contribution in [0.1, 0.15) is 27.7 Å². The molecule has 0 aromatic heterocycles. The summed E-state index contributed by atoms with van der Waals surface area (Å²) in [6.45, 7) is 12.2. The van der Waals surface area contributed by atoms with E-state index in [0.717, 1.165) is 26.3 Å². The van der Waals surface area contributed by atoms with Gasteiger partial charge in [0.1, 0.15) is 0 Å². The van der Waals surface area contributed by atoms with Crippen LogP contribution in [0.4, 0.5) is 0 Å². The Labute approximate surface area is 87.4 Å². The Morgan fingerprint density at radius 2 is 2.07 bits per heavy atom. The molecule has 1 saturated heterocycles. The maximum atomic E-state index is 5.64. The average molecular weight is 201 g/mol. The van der Waals surface area contributed by atoms with E-state index in [1.54, 1.807) is 0 Å². The van der Waals surface area contributed by atoms with E-state index in [-0.39, 0.29) is 6.10 Å². The quantitative estimate of drug-likeness (QED) is 0.688. The van der Waals surface area contributed by atoms with Crippen molar-refractivity contribution in [3.63, 3.8) is 0 Å². The van der Waals surface area contributed by atoms with E-state index in [1.165, 1.54) is 0 Å². The first kappa shape index (κ1) is 12.0. The van der Waals surface area contributed by atoms with Gasteiger partial charge in [0.2, 0.25) is 0 Å². The lowest BCUT2D eigenvalue weighted by Crippen LogP contribution is -2.47.